The molecule has 4 atom stereocenters. The van der Waals surface area contributed by atoms with Crippen LogP contribution in [0.2, 0.25) is 0 Å². The van der Waals surface area contributed by atoms with Crippen LogP contribution in [0.15, 0.2) is 12.4 Å². The third kappa shape index (κ3) is 4.07. The molecule has 1 aliphatic rings. The molecular formula is C16H26F3N3O. The van der Waals surface area contributed by atoms with E-state index in [1.54, 1.807) is 0 Å². The molecule has 0 bridgehead atoms. The van der Waals surface area contributed by atoms with E-state index in [2.05, 4.69) is 24.1 Å². The monoisotopic (exact) mass is 333 g/mol. The van der Waals surface area contributed by atoms with Crippen molar-refractivity contribution >= 4 is 0 Å². The minimum Gasteiger partial charge on any atom is -0.374 e. The molecule has 0 aromatic carbocycles. The molecule has 1 unspecified atom stereocenters. The van der Waals surface area contributed by atoms with E-state index in [9.17, 15) is 18.3 Å². The molecule has 4 nitrogen and oxygen atoms in total. The average Bonchev–Trinajstić information content (AvgIpc) is 2.82. The summed E-state index contributed by atoms with van der Waals surface area (Å²) in [5.41, 5.74) is -2.93. The fraction of sp³-hybridized carbons (Fsp3) is 0.812. The predicted molar refractivity (Wildman–Crippen MR) is 81.7 cm³/mol. The van der Waals surface area contributed by atoms with Crippen molar-refractivity contribution in [1.82, 2.24) is 14.9 Å². The Morgan fingerprint density at radius 2 is 1.87 bits per heavy atom. The van der Waals surface area contributed by atoms with Gasteiger partial charge in [0.2, 0.25) is 5.60 Å². The van der Waals surface area contributed by atoms with Gasteiger partial charge in [0, 0.05) is 31.9 Å². The summed E-state index contributed by atoms with van der Waals surface area (Å²) >= 11 is 0. The zero-order valence-corrected chi connectivity index (χ0v) is 13.9. The highest BCUT2D eigenvalue weighted by Crippen LogP contribution is 2.40. The number of aromatic nitrogens is 2. The van der Waals surface area contributed by atoms with Gasteiger partial charge in [-0.25, -0.2) is 4.98 Å². The first-order valence-corrected chi connectivity index (χ1v) is 8.13. The van der Waals surface area contributed by atoms with Gasteiger partial charge in [-0.2, -0.15) is 13.2 Å². The molecule has 2 N–H and O–H groups in total. The molecule has 1 saturated carbocycles. The van der Waals surface area contributed by atoms with Gasteiger partial charge in [0.25, 0.3) is 0 Å². The van der Waals surface area contributed by atoms with Crippen molar-refractivity contribution < 1.29 is 18.3 Å². The van der Waals surface area contributed by atoms with Gasteiger partial charge in [-0.3, -0.25) is 0 Å². The number of nitrogens with one attached hydrogen (secondary N) is 1. The van der Waals surface area contributed by atoms with E-state index in [0.717, 1.165) is 19.3 Å². The highest BCUT2D eigenvalue weighted by molar-refractivity contribution is 5.08. The fourth-order valence-corrected chi connectivity index (χ4v) is 3.72. The van der Waals surface area contributed by atoms with Crippen LogP contribution in [-0.2, 0) is 12.6 Å². The van der Waals surface area contributed by atoms with E-state index in [4.69, 9.17) is 0 Å². The molecule has 23 heavy (non-hydrogen) atoms. The summed E-state index contributed by atoms with van der Waals surface area (Å²) in [6.45, 7) is 4.45. The van der Waals surface area contributed by atoms with E-state index in [1.807, 2.05) is 0 Å². The quantitative estimate of drug-likeness (QED) is 0.871. The lowest BCUT2D eigenvalue weighted by Crippen LogP contribution is -2.47. The van der Waals surface area contributed by atoms with Gasteiger partial charge < -0.3 is 15.0 Å². The Kier molecular flexibility index (Phi) is 5.41. The molecule has 132 valence electrons. The number of hydrogen-bond donors (Lipinski definition) is 2. The normalized spacial score (nSPS) is 28.6. The number of nitrogens with zero attached hydrogens (tertiary/aromatic N) is 2. The molecule has 0 aliphatic heterocycles. The molecule has 0 amide bonds. The summed E-state index contributed by atoms with van der Waals surface area (Å²) in [5.74, 6) is 0.789. The van der Waals surface area contributed by atoms with Crippen molar-refractivity contribution in [2.24, 2.45) is 18.9 Å². The predicted octanol–water partition coefficient (Wildman–Crippen LogP) is 2.97. The third-order valence-electron chi connectivity index (χ3n) is 4.76. The highest BCUT2D eigenvalue weighted by Gasteiger charge is 2.57. The van der Waals surface area contributed by atoms with Gasteiger partial charge in [0.15, 0.2) is 0 Å². The molecule has 0 saturated heterocycles. The van der Waals surface area contributed by atoms with E-state index in [1.165, 1.54) is 24.0 Å². The van der Waals surface area contributed by atoms with Crippen LogP contribution in [0.25, 0.3) is 0 Å². The van der Waals surface area contributed by atoms with Gasteiger partial charge in [-0.05, 0) is 37.6 Å². The number of imidazole rings is 1. The van der Waals surface area contributed by atoms with Crippen LogP contribution in [0.1, 0.15) is 45.4 Å². The third-order valence-corrected chi connectivity index (χ3v) is 4.76. The van der Waals surface area contributed by atoms with Crippen LogP contribution in [-0.4, -0.2) is 33.4 Å². The van der Waals surface area contributed by atoms with Crippen molar-refractivity contribution in [3.8, 4) is 0 Å². The number of aryl methyl sites for hydroxylation is 1. The second-order valence-electron chi connectivity index (χ2n) is 7.04. The van der Waals surface area contributed by atoms with Crippen LogP contribution >= 0.6 is 0 Å². The van der Waals surface area contributed by atoms with E-state index < -0.39 is 18.2 Å². The first-order valence-electron chi connectivity index (χ1n) is 8.13. The number of rotatable bonds is 5. The lowest BCUT2D eigenvalue weighted by atomic mass is 9.80. The molecule has 1 aromatic heterocycles. The molecule has 0 radical (unpaired) electrons. The van der Waals surface area contributed by atoms with Gasteiger partial charge >= 0.3 is 6.18 Å². The van der Waals surface area contributed by atoms with Crippen LogP contribution in [0.5, 0.6) is 0 Å². The zero-order chi connectivity index (χ0) is 17.3. The van der Waals surface area contributed by atoms with Crippen LogP contribution in [0.4, 0.5) is 13.2 Å². The Bertz CT molecular complexity index is 507. The van der Waals surface area contributed by atoms with Gasteiger partial charge in [-0.15, -0.1) is 0 Å². The van der Waals surface area contributed by atoms with E-state index in [-0.39, 0.29) is 18.4 Å². The Labute approximate surface area is 135 Å². The highest BCUT2D eigenvalue weighted by atomic mass is 19.4. The number of alkyl halides is 3. The Morgan fingerprint density at radius 3 is 2.35 bits per heavy atom. The largest absolute Gasteiger partial charge is 0.424 e. The SMILES string of the molecule is C[C@@H]1CC(NCC[C@@](O)(c2nccn2C)C(F)(F)F)C[C@H](C)C1. The Hall–Kier alpha value is -1.08. The van der Waals surface area contributed by atoms with Crippen molar-refractivity contribution in [1.29, 1.82) is 0 Å². The minimum atomic E-state index is -4.76. The number of aliphatic hydroxyl groups is 1. The molecule has 0 spiro atoms. The smallest absolute Gasteiger partial charge is 0.374 e. The Morgan fingerprint density at radius 1 is 1.26 bits per heavy atom. The fourth-order valence-electron chi connectivity index (χ4n) is 3.72. The summed E-state index contributed by atoms with van der Waals surface area (Å²) < 4.78 is 41.4. The summed E-state index contributed by atoms with van der Waals surface area (Å²) in [4.78, 5) is 3.71. The van der Waals surface area contributed by atoms with Crippen molar-refractivity contribution in [2.45, 2.75) is 57.3 Å². The van der Waals surface area contributed by atoms with Crippen molar-refractivity contribution in [2.75, 3.05) is 6.54 Å². The second-order valence-corrected chi connectivity index (χ2v) is 7.04. The molecule has 7 heteroatoms. The topological polar surface area (TPSA) is 50.1 Å². The molecule has 2 rings (SSSR count). The number of halogens is 3. The zero-order valence-electron chi connectivity index (χ0n) is 13.9. The first kappa shape index (κ1) is 18.3. The summed E-state index contributed by atoms with van der Waals surface area (Å²) in [5, 5.41) is 13.5. The molecular weight excluding hydrogens is 307 g/mol. The standard InChI is InChI=1S/C16H26F3N3O/c1-11-8-12(2)10-13(9-11)20-5-4-15(23,16(17,18)19)14-21-6-7-22(14)3/h6-7,11-13,20,23H,4-5,8-10H2,1-3H3/t11-,12+,13?,15-/m1/s1. The average molecular weight is 333 g/mol. The van der Waals surface area contributed by atoms with Crippen LogP contribution in [0, 0.1) is 11.8 Å². The van der Waals surface area contributed by atoms with Crippen molar-refractivity contribution in [3.63, 3.8) is 0 Å². The lowest BCUT2D eigenvalue weighted by molar-refractivity contribution is -0.272. The maximum Gasteiger partial charge on any atom is 0.424 e. The summed E-state index contributed by atoms with van der Waals surface area (Å²) in [7, 11) is 1.46. The van der Waals surface area contributed by atoms with E-state index in [0.29, 0.717) is 11.8 Å². The lowest BCUT2D eigenvalue weighted by Gasteiger charge is -2.34. The van der Waals surface area contributed by atoms with Gasteiger partial charge in [-0.1, -0.05) is 13.8 Å². The molecule has 1 aliphatic carbocycles. The van der Waals surface area contributed by atoms with Crippen molar-refractivity contribution in [3.05, 3.63) is 18.2 Å². The second kappa shape index (κ2) is 6.81. The Balaban J connectivity index is 2.01. The number of hydrogen-bond acceptors (Lipinski definition) is 3. The van der Waals surface area contributed by atoms with E-state index >= 15 is 0 Å². The van der Waals surface area contributed by atoms with Gasteiger partial charge in [0.05, 0.1) is 0 Å². The maximum atomic E-state index is 13.4. The van der Waals surface area contributed by atoms with Gasteiger partial charge in [0.1, 0.15) is 5.82 Å². The van der Waals surface area contributed by atoms with Crippen LogP contribution in [0.3, 0.4) is 0 Å². The minimum absolute atomic E-state index is 0.104. The summed E-state index contributed by atoms with van der Waals surface area (Å²) in [6, 6.07) is 0.215. The first-order chi connectivity index (χ1) is 10.6. The van der Waals surface area contributed by atoms with Crippen LogP contribution < -0.4 is 5.32 Å². The maximum absolute atomic E-state index is 13.4. The molecule has 1 aromatic rings. The summed E-state index contributed by atoms with van der Waals surface area (Å²) in [6.07, 6.45) is 0.571. The molecule has 1 heterocycles. The molecule has 1 fully saturated rings.